The molecule has 0 bridgehead atoms. The predicted molar refractivity (Wildman–Crippen MR) is 77.1 cm³/mol. The normalized spacial score (nSPS) is 10.4. The van der Waals surface area contributed by atoms with Crippen LogP contribution in [-0.2, 0) is 0 Å². The summed E-state index contributed by atoms with van der Waals surface area (Å²) in [6.45, 7) is 2.01. The molecule has 0 unspecified atom stereocenters. The summed E-state index contributed by atoms with van der Waals surface area (Å²) >= 11 is 0. The van der Waals surface area contributed by atoms with Crippen LogP contribution in [0.3, 0.4) is 0 Å². The van der Waals surface area contributed by atoms with Crippen LogP contribution in [0.2, 0.25) is 0 Å². The number of benzene rings is 2. The summed E-state index contributed by atoms with van der Waals surface area (Å²) in [7, 11) is 0. The molecule has 1 N–H and O–H groups in total. The Balaban J connectivity index is 2.12. The number of phenolic OH excluding ortho intramolecular Hbond substituents is 1. The van der Waals surface area contributed by atoms with Gasteiger partial charge in [0, 0.05) is 5.56 Å². The lowest BCUT2D eigenvalue weighted by Gasteiger charge is -2.06. The molecule has 1 aromatic heterocycles. The van der Waals surface area contributed by atoms with Crippen LogP contribution in [0.15, 0.2) is 54.9 Å². The summed E-state index contributed by atoms with van der Waals surface area (Å²) in [5, 5.41) is 9.88. The monoisotopic (exact) mass is 263 g/mol. The number of rotatable bonds is 2. The maximum absolute atomic E-state index is 9.88. The van der Waals surface area contributed by atoms with Gasteiger partial charge in [0.2, 0.25) is 0 Å². The van der Waals surface area contributed by atoms with Gasteiger partial charge < -0.3 is 5.11 Å². The Morgan fingerprint density at radius 1 is 0.800 bits per heavy atom. The molecule has 0 saturated heterocycles. The highest BCUT2D eigenvalue weighted by Crippen LogP contribution is 2.27. The summed E-state index contributed by atoms with van der Waals surface area (Å²) in [6, 6.07) is 14.9. The molecule has 3 rings (SSSR count). The van der Waals surface area contributed by atoms with Gasteiger partial charge in [-0.25, -0.2) is 15.0 Å². The van der Waals surface area contributed by atoms with E-state index in [-0.39, 0.29) is 5.75 Å². The molecular formula is C16H13N3O. The molecule has 98 valence electrons. The molecule has 0 radical (unpaired) electrons. The van der Waals surface area contributed by atoms with Crippen LogP contribution in [0, 0.1) is 6.92 Å². The molecule has 0 aliphatic carbocycles. The number of hydrogen-bond acceptors (Lipinski definition) is 4. The Bertz CT molecular complexity index is 695. The molecule has 0 saturated carbocycles. The number of para-hydroxylation sites is 1. The van der Waals surface area contributed by atoms with Gasteiger partial charge in [-0.3, -0.25) is 0 Å². The SMILES string of the molecule is Cc1ccccc1-c1ncnc(-c2ccccc2O)n1. The largest absolute Gasteiger partial charge is 0.507 e. The number of hydrogen-bond donors (Lipinski definition) is 1. The van der Waals surface area contributed by atoms with E-state index >= 15 is 0 Å². The summed E-state index contributed by atoms with van der Waals surface area (Å²) in [6.07, 6.45) is 1.47. The van der Waals surface area contributed by atoms with Crippen LogP contribution in [-0.4, -0.2) is 20.1 Å². The minimum Gasteiger partial charge on any atom is -0.507 e. The van der Waals surface area contributed by atoms with Crippen molar-refractivity contribution in [1.29, 1.82) is 0 Å². The van der Waals surface area contributed by atoms with Crippen molar-refractivity contribution in [2.24, 2.45) is 0 Å². The Labute approximate surface area is 116 Å². The number of nitrogens with zero attached hydrogens (tertiary/aromatic N) is 3. The maximum Gasteiger partial charge on any atom is 0.167 e. The van der Waals surface area contributed by atoms with Gasteiger partial charge in [-0.15, -0.1) is 0 Å². The topological polar surface area (TPSA) is 58.9 Å². The van der Waals surface area contributed by atoms with E-state index in [1.165, 1.54) is 6.33 Å². The number of aryl methyl sites for hydroxylation is 1. The van der Waals surface area contributed by atoms with E-state index in [0.29, 0.717) is 17.2 Å². The van der Waals surface area contributed by atoms with Crippen LogP contribution in [0.1, 0.15) is 5.56 Å². The molecule has 0 spiro atoms. The van der Waals surface area contributed by atoms with Gasteiger partial charge in [-0.1, -0.05) is 36.4 Å². The fourth-order valence-electron chi connectivity index (χ4n) is 2.04. The van der Waals surface area contributed by atoms with Gasteiger partial charge >= 0.3 is 0 Å². The minimum atomic E-state index is 0.162. The Morgan fingerprint density at radius 2 is 1.40 bits per heavy atom. The maximum atomic E-state index is 9.88. The zero-order chi connectivity index (χ0) is 13.9. The number of phenols is 1. The van der Waals surface area contributed by atoms with E-state index in [0.717, 1.165) is 11.1 Å². The molecule has 0 fully saturated rings. The summed E-state index contributed by atoms with van der Waals surface area (Å²) < 4.78 is 0. The van der Waals surface area contributed by atoms with Crippen molar-refractivity contribution in [3.05, 3.63) is 60.4 Å². The molecule has 1 heterocycles. The lowest BCUT2D eigenvalue weighted by Crippen LogP contribution is -1.96. The van der Waals surface area contributed by atoms with E-state index in [4.69, 9.17) is 0 Å². The van der Waals surface area contributed by atoms with Crippen LogP contribution in [0.5, 0.6) is 5.75 Å². The van der Waals surface area contributed by atoms with Crippen LogP contribution < -0.4 is 0 Å². The van der Waals surface area contributed by atoms with Crippen LogP contribution >= 0.6 is 0 Å². The Kier molecular flexibility index (Phi) is 3.13. The fourth-order valence-corrected chi connectivity index (χ4v) is 2.04. The van der Waals surface area contributed by atoms with Gasteiger partial charge in [0.05, 0.1) is 5.56 Å². The summed E-state index contributed by atoms with van der Waals surface area (Å²) in [5.41, 5.74) is 2.67. The highest BCUT2D eigenvalue weighted by Gasteiger charge is 2.10. The highest BCUT2D eigenvalue weighted by atomic mass is 16.3. The molecule has 4 heteroatoms. The van der Waals surface area contributed by atoms with Crippen molar-refractivity contribution in [1.82, 2.24) is 15.0 Å². The first-order valence-corrected chi connectivity index (χ1v) is 6.29. The third kappa shape index (κ3) is 2.23. The van der Waals surface area contributed by atoms with Crippen molar-refractivity contribution < 1.29 is 5.11 Å². The third-order valence-corrected chi connectivity index (χ3v) is 3.10. The van der Waals surface area contributed by atoms with E-state index < -0.39 is 0 Å². The van der Waals surface area contributed by atoms with E-state index in [1.807, 2.05) is 37.3 Å². The molecule has 0 atom stereocenters. The van der Waals surface area contributed by atoms with Crippen LogP contribution in [0.4, 0.5) is 0 Å². The lowest BCUT2D eigenvalue weighted by atomic mass is 10.1. The second kappa shape index (κ2) is 5.09. The molecule has 0 aliphatic heterocycles. The second-order valence-corrected chi connectivity index (χ2v) is 4.46. The van der Waals surface area contributed by atoms with Gasteiger partial charge in [0.1, 0.15) is 12.1 Å². The molecule has 4 nitrogen and oxygen atoms in total. The van der Waals surface area contributed by atoms with Crippen molar-refractivity contribution in [2.45, 2.75) is 6.92 Å². The summed E-state index contributed by atoms with van der Waals surface area (Å²) in [5.74, 6) is 1.24. The molecule has 20 heavy (non-hydrogen) atoms. The predicted octanol–water partition coefficient (Wildman–Crippen LogP) is 3.22. The first kappa shape index (κ1) is 12.3. The van der Waals surface area contributed by atoms with E-state index in [1.54, 1.807) is 18.2 Å². The Hall–Kier alpha value is -2.75. The lowest BCUT2D eigenvalue weighted by molar-refractivity contribution is 0.477. The highest BCUT2D eigenvalue weighted by molar-refractivity contribution is 5.66. The minimum absolute atomic E-state index is 0.162. The summed E-state index contributed by atoms with van der Waals surface area (Å²) in [4.78, 5) is 12.8. The third-order valence-electron chi connectivity index (χ3n) is 3.10. The molecular weight excluding hydrogens is 250 g/mol. The van der Waals surface area contributed by atoms with Gasteiger partial charge in [0.25, 0.3) is 0 Å². The first-order chi connectivity index (χ1) is 9.75. The van der Waals surface area contributed by atoms with Crippen molar-refractivity contribution >= 4 is 0 Å². The van der Waals surface area contributed by atoms with E-state index in [9.17, 15) is 5.11 Å². The van der Waals surface area contributed by atoms with Crippen molar-refractivity contribution in [3.8, 4) is 28.5 Å². The number of aromatic hydroxyl groups is 1. The average molecular weight is 263 g/mol. The smallest absolute Gasteiger partial charge is 0.167 e. The standard InChI is InChI=1S/C16H13N3O/c1-11-6-2-3-7-12(11)15-17-10-18-16(19-15)13-8-4-5-9-14(13)20/h2-10,20H,1H3. The fraction of sp³-hybridized carbons (Fsp3) is 0.0625. The van der Waals surface area contributed by atoms with E-state index in [2.05, 4.69) is 15.0 Å². The molecule has 0 amide bonds. The number of aromatic nitrogens is 3. The second-order valence-electron chi connectivity index (χ2n) is 4.46. The molecule has 0 aliphatic rings. The quantitative estimate of drug-likeness (QED) is 0.771. The Morgan fingerprint density at radius 3 is 2.10 bits per heavy atom. The van der Waals surface area contributed by atoms with Crippen LogP contribution in [0.25, 0.3) is 22.8 Å². The van der Waals surface area contributed by atoms with Crippen molar-refractivity contribution in [2.75, 3.05) is 0 Å². The molecule has 2 aromatic carbocycles. The van der Waals surface area contributed by atoms with Gasteiger partial charge in [0.15, 0.2) is 11.6 Å². The average Bonchev–Trinajstić information content (AvgIpc) is 2.48. The zero-order valence-corrected chi connectivity index (χ0v) is 11.0. The zero-order valence-electron chi connectivity index (χ0n) is 11.0. The molecule has 3 aromatic rings. The first-order valence-electron chi connectivity index (χ1n) is 6.29. The van der Waals surface area contributed by atoms with Crippen molar-refractivity contribution in [3.63, 3.8) is 0 Å². The van der Waals surface area contributed by atoms with Gasteiger partial charge in [-0.05, 0) is 24.6 Å². The van der Waals surface area contributed by atoms with Gasteiger partial charge in [-0.2, -0.15) is 0 Å².